The van der Waals surface area contributed by atoms with Gasteiger partial charge in [-0.1, -0.05) is 18.2 Å². The number of hydrogen-bond donors (Lipinski definition) is 4. The second-order valence-corrected chi connectivity index (χ2v) is 14.6. The second kappa shape index (κ2) is 12.0. The average Bonchev–Trinajstić information content (AvgIpc) is 3.41. The number of aliphatic hydroxyl groups is 3. The monoisotopic (exact) mass is 725 g/mol. The van der Waals surface area contributed by atoms with E-state index in [2.05, 4.69) is 6.92 Å². The van der Waals surface area contributed by atoms with Crippen LogP contribution in [0.2, 0.25) is 0 Å². The Morgan fingerprint density at radius 3 is 2.28 bits per heavy atom. The van der Waals surface area contributed by atoms with Gasteiger partial charge in [0.1, 0.15) is 30.0 Å². The first-order valence-electron chi connectivity index (χ1n) is 16.4. The largest absolute Gasteiger partial charge is 1.00 e. The summed E-state index contributed by atoms with van der Waals surface area (Å²) in [7, 11) is 6.30. The third kappa shape index (κ3) is 4.09. The van der Waals surface area contributed by atoms with Gasteiger partial charge in [-0.2, -0.15) is 0 Å². The number of fused-ring (bicyclic) bond motifs is 2. The fourth-order valence-corrected chi connectivity index (χ4v) is 12.6. The van der Waals surface area contributed by atoms with Crippen molar-refractivity contribution in [2.75, 3.05) is 48.1 Å². The van der Waals surface area contributed by atoms with Crippen LogP contribution in [0.25, 0.3) is 0 Å². The maximum absolute atomic E-state index is 13.8. The van der Waals surface area contributed by atoms with Crippen molar-refractivity contribution >= 4 is 11.9 Å². The van der Waals surface area contributed by atoms with Crippen molar-refractivity contribution in [1.29, 1.82) is 0 Å². The number of likely N-dealkylation sites (tertiary alicyclic amines) is 1. The molecule has 12 nitrogen and oxygen atoms in total. The van der Waals surface area contributed by atoms with Crippen molar-refractivity contribution in [2.45, 2.75) is 80.6 Å². The summed E-state index contributed by atoms with van der Waals surface area (Å²) in [5.74, 6) is -3.54. The zero-order valence-electron chi connectivity index (χ0n) is 27.8. The lowest BCUT2D eigenvalue weighted by Crippen LogP contribution is -3.22. The number of benzene rings is 1. The number of piperidine rings is 1. The molecule has 7 rings (SSSR count). The van der Waals surface area contributed by atoms with Gasteiger partial charge in [0.05, 0.1) is 60.3 Å². The van der Waals surface area contributed by atoms with Crippen molar-refractivity contribution in [2.24, 2.45) is 34.5 Å². The molecule has 6 fully saturated rings. The Bertz CT molecular complexity index is 1370. The molecule has 47 heavy (non-hydrogen) atoms. The Hall–Kier alpha value is -1.68. The van der Waals surface area contributed by atoms with E-state index in [1.807, 2.05) is 0 Å². The summed E-state index contributed by atoms with van der Waals surface area (Å²) < 4.78 is 37.5. The number of nitrogens with one attached hydrogen (secondary N) is 1. The number of hydrogen-bond acceptors (Lipinski definition) is 11. The minimum atomic E-state index is -1.82. The number of carbonyl (C=O) groups excluding carboxylic acids is 2. The minimum Gasteiger partial charge on any atom is -1.00 e. The van der Waals surface area contributed by atoms with Gasteiger partial charge in [-0.15, -0.1) is 0 Å². The zero-order chi connectivity index (χ0) is 33.0. The summed E-state index contributed by atoms with van der Waals surface area (Å²) in [6.07, 6.45) is -5.37. The first-order valence-corrected chi connectivity index (χ1v) is 16.4. The van der Waals surface area contributed by atoms with Crippen LogP contribution in [-0.4, -0.2) is 129 Å². The molecule has 1 saturated heterocycles. The van der Waals surface area contributed by atoms with Gasteiger partial charge in [-0.25, -0.2) is 4.79 Å². The summed E-state index contributed by atoms with van der Waals surface area (Å²) in [5.41, 5.74) is -4.68. The number of quaternary nitrogens is 1. The summed E-state index contributed by atoms with van der Waals surface area (Å²) in [4.78, 5) is 28.2. The van der Waals surface area contributed by atoms with Crippen molar-refractivity contribution in [3.8, 4) is 0 Å². The van der Waals surface area contributed by atoms with Gasteiger partial charge in [0, 0.05) is 53.6 Å². The predicted molar refractivity (Wildman–Crippen MR) is 160 cm³/mol. The van der Waals surface area contributed by atoms with Crippen molar-refractivity contribution in [1.82, 2.24) is 0 Å². The van der Waals surface area contributed by atoms with Gasteiger partial charge in [-0.3, -0.25) is 4.79 Å². The van der Waals surface area contributed by atoms with E-state index in [1.54, 1.807) is 51.7 Å². The molecule has 6 aliphatic rings. The number of rotatable bonds is 9. The highest BCUT2D eigenvalue weighted by atomic mass is 79.9. The Kier molecular flexibility index (Phi) is 8.96. The summed E-state index contributed by atoms with van der Waals surface area (Å²) >= 11 is 0. The van der Waals surface area contributed by atoms with E-state index in [0.29, 0.717) is 25.1 Å². The molecule has 7 bridgehead atoms. The molecule has 1 aliphatic heterocycles. The third-order valence-corrected chi connectivity index (χ3v) is 13.4. The highest BCUT2D eigenvalue weighted by Gasteiger charge is 2.94. The lowest BCUT2D eigenvalue weighted by Gasteiger charge is -2.68. The standard InChI is InChI=1S/C34H47NO11.BrH/c1-7-35-15-31(16-41-3)20(37)13-21(42-4)33-19-14-32(40)28(45-30(39)18-11-9-8-10-12-18)22(19)34(46-17(2)36,27(38)29(32)44-6)23(26(33)35)24(43-5)25(31)33;/h8-12,19-29,37-38,40H,7,13-16H2,1-6H3;1H. The molecule has 1 aromatic carbocycles. The number of esters is 2. The Balaban J connectivity index is 0.00000386. The van der Waals surface area contributed by atoms with Crippen LogP contribution >= 0.6 is 0 Å². The Morgan fingerprint density at radius 1 is 1.00 bits per heavy atom. The zero-order valence-corrected chi connectivity index (χ0v) is 29.3. The third-order valence-electron chi connectivity index (χ3n) is 13.4. The van der Waals surface area contributed by atoms with E-state index < -0.39 is 88.3 Å². The van der Waals surface area contributed by atoms with Crippen LogP contribution in [0, 0.1) is 34.5 Å². The van der Waals surface area contributed by atoms with E-state index >= 15 is 0 Å². The van der Waals surface area contributed by atoms with E-state index in [4.69, 9.17) is 28.4 Å². The molecular formula is C34H48BrNO11. The molecule has 1 heterocycles. The molecule has 5 saturated carbocycles. The molecule has 0 amide bonds. The molecule has 262 valence electrons. The van der Waals surface area contributed by atoms with E-state index in [9.17, 15) is 24.9 Å². The van der Waals surface area contributed by atoms with Crippen LogP contribution in [0.3, 0.4) is 0 Å². The molecule has 0 aromatic heterocycles. The highest BCUT2D eigenvalue weighted by Crippen LogP contribution is 2.78. The Morgan fingerprint density at radius 2 is 1.70 bits per heavy atom. The van der Waals surface area contributed by atoms with Gasteiger partial charge in [-0.05, 0) is 31.4 Å². The maximum Gasteiger partial charge on any atom is 0.338 e. The second-order valence-electron chi connectivity index (χ2n) is 14.6. The fourth-order valence-electron chi connectivity index (χ4n) is 12.6. The molecule has 4 N–H and O–H groups in total. The molecule has 16 unspecified atom stereocenters. The number of aliphatic hydroxyl groups excluding tert-OH is 2. The van der Waals surface area contributed by atoms with Crippen LogP contribution in [-0.2, 0) is 33.2 Å². The summed E-state index contributed by atoms with van der Waals surface area (Å²) in [6.45, 7) is 4.91. The minimum absolute atomic E-state index is 0. The average molecular weight is 727 g/mol. The summed E-state index contributed by atoms with van der Waals surface area (Å²) in [6, 6.07) is 8.28. The van der Waals surface area contributed by atoms with Crippen molar-refractivity contribution in [3.05, 3.63) is 35.9 Å². The topological polar surface area (TPSA) is 155 Å². The molecule has 5 aliphatic carbocycles. The van der Waals surface area contributed by atoms with Gasteiger partial charge in [0.15, 0.2) is 5.60 Å². The smallest absolute Gasteiger partial charge is 0.338 e. The number of ether oxygens (including phenoxy) is 6. The highest BCUT2D eigenvalue weighted by molar-refractivity contribution is 5.89. The molecule has 16 atom stereocenters. The fraction of sp³-hybridized carbons (Fsp3) is 0.765. The molecule has 13 heteroatoms. The van der Waals surface area contributed by atoms with Gasteiger partial charge in [0.2, 0.25) is 0 Å². The molecule has 0 radical (unpaired) electrons. The maximum atomic E-state index is 13.8. The predicted octanol–water partition coefficient (Wildman–Crippen LogP) is -3.76. The quantitative estimate of drug-likeness (QED) is 0.186. The van der Waals surface area contributed by atoms with Gasteiger partial charge < -0.3 is 65.6 Å². The van der Waals surface area contributed by atoms with Gasteiger partial charge >= 0.3 is 11.9 Å². The van der Waals surface area contributed by atoms with E-state index in [-0.39, 0.29) is 42.0 Å². The SMILES string of the molecule is CC[NH+]1CC2(COC)C(O)CC(OC)C34C5CC6(O)C(OC)C(O)C(OC(C)=O)(C5C6OC(=O)c5ccccc5)C(C(OC)C23)C14.[Br-]. The van der Waals surface area contributed by atoms with E-state index in [0.717, 1.165) is 4.90 Å². The number of carbonyl (C=O) groups is 2. The first kappa shape index (κ1) is 35.2. The van der Waals surface area contributed by atoms with Crippen molar-refractivity contribution < 1.29 is 75.2 Å². The molecule has 1 aromatic rings. The van der Waals surface area contributed by atoms with Crippen LogP contribution in [0.1, 0.15) is 37.0 Å². The molecular weight excluding hydrogens is 678 g/mol. The number of methoxy groups -OCH3 is 4. The van der Waals surface area contributed by atoms with Gasteiger partial charge in [0.25, 0.3) is 0 Å². The summed E-state index contributed by atoms with van der Waals surface area (Å²) in [5, 5.41) is 37.3. The lowest BCUT2D eigenvalue weighted by molar-refractivity contribution is -0.953. The van der Waals surface area contributed by atoms with E-state index in [1.165, 1.54) is 14.0 Å². The Labute approximate surface area is 285 Å². The van der Waals surface area contributed by atoms with Crippen molar-refractivity contribution in [3.63, 3.8) is 0 Å². The van der Waals surface area contributed by atoms with Crippen LogP contribution in [0.4, 0.5) is 0 Å². The molecule has 1 spiro atoms. The van der Waals surface area contributed by atoms with Crippen LogP contribution in [0.15, 0.2) is 30.3 Å². The van der Waals surface area contributed by atoms with Crippen LogP contribution < -0.4 is 21.9 Å². The first-order chi connectivity index (χ1) is 22.0. The van der Waals surface area contributed by atoms with Crippen LogP contribution in [0.5, 0.6) is 0 Å². The number of halogens is 1. The lowest BCUT2D eigenvalue weighted by atomic mass is 9.42. The normalized spacial score (nSPS) is 50.0.